The van der Waals surface area contributed by atoms with Crippen LogP contribution in [0.1, 0.15) is 72.6 Å². The largest absolute Gasteiger partial charge is 0.369 e. The van der Waals surface area contributed by atoms with E-state index in [1.807, 2.05) is 0 Å². The fourth-order valence-electron chi connectivity index (χ4n) is 4.38. The number of hydrogen-bond acceptors (Lipinski definition) is 2. The van der Waals surface area contributed by atoms with E-state index in [0.717, 1.165) is 31.3 Å². The molecule has 0 radical (unpaired) electrons. The molecule has 0 aromatic rings. The summed E-state index contributed by atoms with van der Waals surface area (Å²) in [4.78, 5) is 0. The highest BCUT2D eigenvalue weighted by atomic mass is 16.6. The molecule has 0 N–H and O–H groups in total. The van der Waals surface area contributed by atoms with Crippen LogP contribution in [0.25, 0.3) is 0 Å². The molecule has 2 unspecified atom stereocenters. The van der Waals surface area contributed by atoms with Crippen molar-refractivity contribution in [1.82, 2.24) is 0 Å². The normalized spacial score (nSPS) is 40.7. The average molecular weight is 319 g/mol. The van der Waals surface area contributed by atoms with E-state index in [1.165, 1.54) is 37.7 Å². The van der Waals surface area contributed by atoms with Crippen LogP contribution in [0, 0.1) is 11.8 Å². The Hall–Kier alpha value is -0.600. The third-order valence-electron chi connectivity index (χ3n) is 5.83. The summed E-state index contributed by atoms with van der Waals surface area (Å²) in [6.45, 7) is 9.90. The molecule has 2 heterocycles. The van der Waals surface area contributed by atoms with Gasteiger partial charge in [-0.1, -0.05) is 43.6 Å². The van der Waals surface area contributed by atoms with Crippen molar-refractivity contribution in [1.29, 1.82) is 0 Å². The van der Waals surface area contributed by atoms with Crippen molar-refractivity contribution in [3.8, 4) is 0 Å². The molecular formula is C21H34O2. The summed E-state index contributed by atoms with van der Waals surface area (Å²) < 4.78 is 11.9. The lowest BCUT2D eigenvalue weighted by Gasteiger charge is -2.38. The van der Waals surface area contributed by atoms with E-state index in [-0.39, 0.29) is 17.3 Å². The summed E-state index contributed by atoms with van der Waals surface area (Å²) >= 11 is 0. The van der Waals surface area contributed by atoms with Gasteiger partial charge in [0.1, 0.15) is 0 Å². The first kappa shape index (κ1) is 17.2. The van der Waals surface area contributed by atoms with Crippen molar-refractivity contribution in [3.63, 3.8) is 0 Å². The van der Waals surface area contributed by atoms with E-state index in [1.54, 1.807) is 0 Å². The van der Waals surface area contributed by atoms with E-state index >= 15 is 0 Å². The van der Waals surface area contributed by atoms with E-state index in [4.69, 9.17) is 9.47 Å². The summed E-state index contributed by atoms with van der Waals surface area (Å²) in [6.07, 6.45) is 16.1. The fourth-order valence-corrected chi connectivity index (χ4v) is 4.38. The molecule has 0 amide bonds. The van der Waals surface area contributed by atoms with Crippen LogP contribution in [-0.2, 0) is 9.47 Å². The van der Waals surface area contributed by atoms with Crippen LogP contribution in [0.2, 0.25) is 0 Å². The third-order valence-corrected chi connectivity index (χ3v) is 5.83. The molecule has 2 aliphatic heterocycles. The van der Waals surface area contributed by atoms with Crippen LogP contribution in [0.15, 0.2) is 23.8 Å². The lowest BCUT2D eigenvalue weighted by Crippen LogP contribution is -2.43. The van der Waals surface area contributed by atoms with Gasteiger partial charge in [0, 0.05) is 12.8 Å². The summed E-state index contributed by atoms with van der Waals surface area (Å²) in [5, 5.41) is 0. The Morgan fingerprint density at radius 1 is 1.17 bits per heavy atom. The zero-order chi connectivity index (χ0) is 16.5. The standard InChI is InChI=1S/C21H34O2/c1-16-5-9-18(10-6-16)11-7-17(2)8-12-19-13-21(15-22-21)14-20(3,4)23-19/h7-8,12,16,18-19H,5-6,9-11,13-15H2,1-4H3. The SMILES string of the molecule is CC(C=CC1CC2(CO2)CC(C)(C)O1)=CCC1CCC(C)CC1. The number of allylic oxidation sites excluding steroid dienone is 3. The van der Waals surface area contributed by atoms with Gasteiger partial charge in [-0.05, 0) is 51.9 Å². The third kappa shape index (κ3) is 4.93. The molecule has 3 fully saturated rings. The smallest absolute Gasteiger partial charge is 0.0971 e. The first-order valence-corrected chi connectivity index (χ1v) is 9.53. The van der Waals surface area contributed by atoms with Crippen molar-refractivity contribution < 1.29 is 9.47 Å². The van der Waals surface area contributed by atoms with Gasteiger partial charge in [-0.15, -0.1) is 0 Å². The van der Waals surface area contributed by atoms with Crippen LogP contribution in [0.4, 0.5) is 0 Å². The van der Waals surface area contributed by atoms with Gasteiger partial charge in [0.15, 0.2) is 0 Å². The molecule has 3 rings (SSSR count). The zero-order valence-corrected chi connectivity index (χ0v) is 15.4. The van der Waals surface area contributed by atoms with Crippen molar-refractivity contribution in [2.45, 2.75) is 89.9 Å². The Balaban J connectivity index is 1.49. The maximum absolute atomic E-state index is 6.21. The Morgan fingerprint density at radius 2 is 1.87 bits per heavy atom. The van der Waals surface area contributed by atoms with Gasteiger partial charge >= 0.3 is 0 Å². The van der Waals surface area contributed by atoms with Gasteiger partial charge in [-0.25, -0.2) is 0 Å². The second-order valence-corrected chi connectivity index (χ2v) is 8.94. The number of rotatable bonds is 4. The fraction of sp³-hybridized carbons (Fsp3) is 0.810. The molecule has 0 bridgehead atoms. The monoisotopic (exact) mass is 318 g/mol. The summed E-state index contributed by atoms with van der Waals surface area (Å²) in [6, 6.07) is 0. The number of ether oxygens (including phenoxy) is 2. The van der Waals surface area contributed by atoms with E-state index in [9.17, 15) is 0 Å². The lowest BCUT2D eigenvalue weighted by atomic mass is 9.81. The molecular weight excluding hydrogens is 284 g/mol. The summed E-state index contributed by atoms with van der Waals surface area (Å²) in [7, 11) is 0. The molecule has 2 nitrogen and oxygen atoms in total. The molecule has 130 valence electrons. The van der Waals surface area contributed by atoms with E-state index in [0.29, 0.717) is 0 Å². The van der Waals surface area contributed by atoms with Crippen LogP contribution in [0.5, 0.6) is 0 Å². The second-order valence-electron chi connectivity index (χ2n) is 8.94. The van der Waals surface area contributed by atoms with Crippen LogP contribution in [0.3, 0.4) is 0 Å². The Bertz CT molecular complexity index is 456. The lowest BCUT2D eigenvalue weighted by molar-refractivity contribution is -0.112. The highest BCUT2D eigenvalue weighted by Gasteiger charge is 2.53. The maximum atomic E-state index is 6.21. The Morgan fingerprint density at radius 3 is 2.52 bits per heavy atom. The topological polar surface area (TPSA) is 21.8 Å². The zero-order valence-electron chi connectivity index (χ0n) is 15.4. The van der Waals surface area contributed by atoms with Crippen molar-refractivity contribution in [2.75, 3.05) is 6.61 Å². The van der Waals surface area contributed by atoms with Crippen molar-refractivity contribution in [2.24, 2.45) is 11.8 Å². The number of epoxide rings is 1. The molecule has 2 heteroatoms. The van der Waals surface area contributed by atoms with Crippen molar-refractivity contribution in [3.05, 3.63) is 23.8 Å². The molecule has 0 aromatic carbocycles. The molecule has 1 spiro atoms. The van der Waals surface area contributed by atoms with Gasteiger partial charge in [0.25, 0.3) is 0 Å². The molecule has 3 aliphatic rings. The first-order chi connectivity index (χ1) is 10.9. The Labute approximate surface area is 142 Å². The van der Waals surface area contributed by atoms with Crippen LogP contribution >= 0.6 is 0 Å². The second kappa shape index (κ2) is 6.72. The van der Waals surface area contributed by atoms with Crippen LogP contribution in [-0.4, -0.2) is 23.9 Å². The van der Waals surface area contributed by atoms with E-state index in [2.05, 4.69) is 45.9 Å². The maximum Gasteiger partial charge on any atom is 0.0971 e. The molecule has 0 aromatic heterocycles. The first-order valence-electron chi connectivity index (χ1n) is 9.53. The highest BCUT2D eigenvalue weighted by molar-refractivity contribution is 5.19. The summed E-state index contributed by atoms with van der Waals surface area (Å²) in [5.41, 5.74) is 1.43. The molecule has 1 aliphatic carbocycles. The predicted octanol–water partition coefficient (Wildman–Crippen LogP) is 5.43. The highest BCUT2D eigenvalue weighted by Crippen LogP contribution is 2.46. The van der Waals surface area contributed by atoms with Gasteiger partial charge in [0.2, 0.25) is 0 Å². The molecule has 23 heavy (non-hydrogen) atoms. The Kier molecular flexibility index (Phi) is 5.04. The minimum Gasteiger partial charge on any atom is -0.369 e. The molecule has 2 atom stereocenters. The van der Waals surface area contributed by atoms with Gasteiger partial charge in [-0.2, -0.15) is 0 Å². The molecule has 1 saturated carbocycles. The van der Waals surface area contributed by atoms with Gasteiger partial charge in [0.05, 0.1) is 23.9 Å². The quantitative estimate of drug-likeness (QED) is 0.509. The minimum atomic E-state index is -0.0693. The minimum absolute atomic E-state index is 0.0693. The molecule has 2 saturated heterocycles. The predicted molar refractivity (Wildman–Crippen MR) is 95.5 cm³/mol. The van der Waals surface area contributed by atoms with Crippen molar-refractivity contribution >= 4 is 0 Å². The summed E-state index contributed by atoms with van der Waals surface area (Å²) in [5.74, 6) is 1.85. The van der Waals surface area contributed by atoms with Gasteiger partial charge < -0.3 is 9.47 Å². The van der Waals surface area contributed by atoms with Crippen LogP contribution < -0.4 is 0 Å². The van der Waals surface area contributed by atoms with E-state index < -0.39 is 0 Å². The number of hydrogen-bond donors (Lipinski definition) is 0. The average Bonchev–Trinajstić information content (AvgIpc) is 3.21. The van der Waals surface area contributed by atoms with Gasteiger partial charge in [-0.3, -0.25) is 0 Å².